The molecule has 0 fully saturated rings. The van der Waals surface area contributed by atoms with Gasteiger partial charge in [0.15, 0.2) is 0 Å². The Morgan fingerprint density at radius 1 is 0.625 bits per heavy atom. The predicted octanol–water partition coefficient (Wildman–Crippen LogP) is 7.48. The van der Waals surface area contributed by atoms with E-state index in [0.717, 1.165) is 0 Å². The zero-order valence-corrected chi connectivity index (χ0v) is 31.9. The molecule has 0 saturated carbocycles. The molecule has 10 nitrogen and oxygen atoms in total. The lowest BCUT2D eigenvalue weighted by molar-refractivity contribution is -0.158. The Morgan fingerprint density at radius 2 is 0.958 bits per heavy atom. The summed E-state index contributed by atoms with van der Waals surface area (Å²) in [5, 5.41) is 5.74. The first kappa shape index (κ1) is 40.8. The van der Waals surface area contributed by atoms with Crippen LogP contribution in [0.2, 0.25) is 0 Å². The van der Waals surface area contributed by atoms with E-state index < -0.39 is 47.0 Å². The first-order valence-electron chi connectivity index (χ1n) is 16.0. The summed E-state index contributed by atoms with van der Waals surface area (Å²) in [7, 11) is 5.55. The highest BCUT2D eigenvalue weighted by Gasteiger charge is 2.30. The van der Waals surface area contributed by atoms with Gasteiger partial charge in [-0.15, -0.1) is 0 Å². The van der Waals surface area contributed by atoms with Crippen LogP contribution in [0.25, 0.3) is 0 Å². The molecule has 0 aliphatic rings. The lowest BCUT2D eigenvalue weighted by atomic mass is 10.0. The van der Waals surface area contributed by atoms with Gasteiger partial charge in [0.1, 0.15) is 34.8 Å². The normalized spacial score (nSPS) is 13.0. The predicted molar refractivity (Wildman–Crippen MR) is 191 cm³/mol. The molecule has 2 aromatic rings. The topological polar surface area (TPSA) is 129 Å². The molecule has 0 heterocycles. The van der Waals surface area contributed by atoms with Crippen molar-refractivity contribution < 1.29 is 38.1 Å². The summed E-state index contributed by atoms with van der Waals surface area (Å²) in [5.74, 6) is -0.769. The van der Waals surface area contributed by atoms with E-state index in [1.807, 2.05) is 27.7 Å². The molecular formula is C36H52N2O8S2. The fourth-order valence-electron chi connectivity index (χ4n) is 4.45. The third kappa shape index (κ3) is 13.6. The quantitative estimate of drug-likeness (QED) is 0.142. The SMILES string of the molecule is COc1ccc(SSc2ccc(OC)cc2C(=O)N[C@H](CC(C)C)C(=O)OC(C)(C)C)c(C(=O)N[C@@H](CC(C)C)C(=O)OC(C)(C)C)c1. The smallest absolute Gasteiger partial charge is 0.329 e. The van der Waals surface area contributed by atoms with Crippen LogP contribution >= 0.6 is 21.6 Å². The monoisotopic (exact) mass is 704 g/mol. The maximum Gasteiger partial charge on any atom is 0.329 e. The van der Waals surface area contributed by atoms with E-state index in [4.69, 9.17) is 18.9 Å². The average molecular weight is 705 g/mol. The van der Waals surface area contributed by atoms with Gasteiger partial charge in [0.2, 0.25) is 0 Å². The second kappa shape index (κ2) is 17.9. The molecule has 2 N–H and O–H groups in total. The van der Waals surface area contributed by atoms with E-state index >= 15 is 0 Å². The largest absolute Gasteiger partial charge is 0.497 e. The Morgan fingerprint density at radius 3 is 1.23 bits per heavy atom. The summed E-state index contributed by atoms with van der Waals surface area (Å²) >= 11 is 0. The van der Waals surface area contributed by atoms with Crippen molar-refractivity contribution >= 4 is 45.3 Å². The van der Waals surface area contributed by atoms with Crippen LogP contribution in [0.4, 0.5) is 0 Å². The van der Waals surface area contributed by atoms with Crippen molar-refractivity contribution in [1.82, 2.24) is 10.6 Å². The standard InChI is InChI=1S/C36H52N2O8S2/c1-21(2)17-27(33(41)45-35(5,6)7)37-31(39)25-19-23(43-11)13-15-29(25)47-48-30-16-14-24(44-12)20-26(30)32(40)38-28(18-22(3)4)34(42)46-36(8,9)10/h13-16,19-22,27-28H,17-18H2,1-12H3,(H,37,39)(H,38,40)/t27-,28+. The number of ether oxygens (including phenoxy) is 4. The molecule has 0 saturated heterocycles. The third-order valence-electron chi connectivity index (χ3n) is 6.49. The van der Waals surface area contributed by atoms with Gasteiger partial charge in [0.25, 0.3) is 11.8 Å². The van der Waals surface area contributed by atoms with Crippen LogP contribution in [0.5, 0.6) is 11.5 Å². The number of hydrogen-bond donors (Lipinski definition) is 2. The molecule has 0 radical (unpaired) electrons. The Hall–Kier alpha value is -3.38. The van der Waals surface area contributed by atoms with Crippen molar-refractivity contribution in [3.05, 3.63) is 47.5 Å². The van der Waals surface area contributed by atoms with Crippen molar-refractivity contribution in [3.63, 3.8) is 0 Å². The summed E-state index contributed by atoms with van der Waals surface area (Å²) in [5.41, 5.74) is -0.833. The van der Waals surface area contributed by atoms with Gasteiger partial charge in [-0.2, -0.15) is 0 Å². The van der Waals surface area contributed by atoms with Gasteiger partial charge in [-0.3, -0.25) is 9.59 Å². The molecule has 2 atom stereocenters. The average Bonchev–Trinajstić information content (AvgIpc) is 2.96. The Balaban J connectivity index is 2.41. The van der Waals surface area contributed by atoms with E-state index in [-0.39, 0.29) is 11.8 Å². The number of nitrogens with one attached hydrogen (secondary N) is 2. The van der Waals surface area contributed by atoms with Crippen LogP contribution in [0, 0.1) is 11.8 Å². The van der Waals surface area contributed by atoms with Crippen LogP contribution in [-0.4, -0.2) is 61.3 Å². The summed E-state index contributed by atoms with van der Waals surface area (Å²) in [6.45, 7) is 18.5. The van der Waals surface area contributed by atoms with Gasteiger partial charge in [-0.05, 0) is 103 Å². The minimum absolute atomic E-state index is 0.118. The second-order valence-electron chi connectivity index (χ2n) is 14.3. The lowest BCUT2D eigenvalue weighted by Gasteiger charge is -2.26. The fraction of sp³-hybridized carbons (Fsp3) is 0.556. The van der Waals surface area contributed by atoms with Gasteiger partial charge < -0.3 is 29.6 Å². The lowest BCUT2D eigenvalue weighted by Crippen LogP contribution is -2.45. The van der Waals surface area contributed by atoms with Crippen LogP contribution in [-0.2, 0) is 19.1 Å². The molecule has 0 bridgehead atoms. The van der Waals surface area contributed by atoms with Crippen molar-refractivity contribution in [2.24, 2.45) is 11.8 Å². The zero-order chi connectivity index (χ0) is 36.4. The molecule has 2 amide bonds. The Kier molecular flexibility index (Phi) is 15.2. The van der Waals surface area contributed by atoms with E-state index in [0.29, 0.717) is 45.3 Å². The summed E-state index contributed by atoms with van der Waals surface area (Å²) in [6.07, 6.45) is 0.792. The van der Waals surface area contributed by atoms with Gasteiger partial charge >= 0.3 is 11.9 Å². The number of esters is 2. The maximum atomic E-state index is 13.7. The number of hydrogen-bond acceptors (Lipinski definition) is 10. The fourth-order valence-corrected chi connectivity index (χ4v) is 6.77. The Labute approximate surface area is 293 Å². The third-order valence-corrected chi connectivity index (χ3v) is 8.97. The molecule has 2 aromatic carbocycles. The maximum absolute atomic E-state index is 13.7. The van der Waals surface area contributed by atoms with E-state index in [1.165, 1.54) is 35.8 Å². The first-order valence-corrected chi connectivity index (χ1v) is 18.2. The molecule has 0 aliphatic heterocycles. The van der Waals surface area contributed by atoms with Crippen LogP contribution < -0.4 is 20.1 Å². The van der Waals surface area contributed by atoms with Gasteiger partial charge in [-0.25, -0.2) is 9.59 Å². The Bertz CT molecular complexity index is 1320. The summed E-state index contributed by atoms with van der Waals surface area (Å²) in [6, 6.07) is 8.48. The molecule has 0 aliphatic carbocycles. The molecule has 266 valence electrons. The zero-order valence-electron chi connectivity index (χ0n) is 30.3. The molecule has 0 spiro atoms. The highest BCUT2D eigenvalue weighted by atomic mass is 33.1. The highest BCUT2D eigenvalue weighted by Crippen LogP contribution is 2.42. The van der Waals surface area contributed by atoms with Crippen molar-refractivity contribution in [1.29, 1.82) is 0 Å². The molecule has 0 unspecified atom stereocenters. The minimum atomic E-state index is -0.853. The number of amides is 2. The highest BCUT2D eigenvalue weighted by molar-refractivity contribution is 8.76. The van der Waals surface area contributed by atoms with E-state index in [9.17, 15) is 19.2 Å². The molecule has 48 heavy (non-hydrogen) atoms. The number of carbonyl (C=O) groups is 4. The number of carbonyl (C=O) groups excluding carboxylic acids is 4. The van der Waals surface area contributed by atoms with Gasteiger partial charge in [0.05, 0.1) is 25.3 Å². The van der Waals surface area contributed by atoms with Gasteiger partial charge in [0, 0.05) is 9.79 Å². The van der Waals surface area contributed by atoms with Crippen LogP contribution in [0.15, 0.2) is 46.2 Å². The number of benzene rings is 2. The van der Waals surface area contributed by atoms with Crippen LogP contribution in [0.3, 0.4) is 0 Å². The van der Waals surface area contributed by atoms with E-state index in [1.54, 1.807) is 77.9 Å². The number of methoxy groups -OCH3 is 2. The minimum Gasteiger partial charge on any atom is -0.497 e. The summed E-state index contributed by atoms with van der Waals surface area (Å²) < 4.78 is 22.0. The van der Waals surface area contributed by atoms with Crippen molar-refractivity contribution in [3.8, 4) is 11.5 Å². The molecule has 2 rings (SSSR count). The second-order valence-corrected chi connectivity index (χ2v) is 16.5. The molecule has 12 heteroatoms. The van der Waals surface area contributed by atoms with E-state index in [2.05, 4.69) is 10.6 Å². The van der Waals surface area contributed by atoms with Crippen molar-refractivity contribution in [2.75, 3.05) is 14.2 Å². The van der Waals surface area contributed by atoms with Crippen LogP contribution in [0.1, 0.15) is 103 Å². The van der Waals surface area contributed by atoms with Crippen molar-refractivity contribution in [2.45, 2.75) is 115 Å². The molecule has 0 aromatic heterocycles. The summed E-state index contributed by atoms with van der Waals surface area (Å²) in [4.78, 5) is 54.7. The molecular weight excluding hydrogens is 653 g/mol. The first-order chi connectivity index (χ1) is 22.2. The van der Waals surface area contributed by atoms with Gasteiger partial charge in [-0.1, -0.05) is 49.3 Å². The number of rotatable bonds is 15.